The van der Waals surface area contributed by atoms with Crippen molar-refractivity contribution in [2.45, 2.75) is 13.8 Å². The topological polar surface area (TPSA) is 54.0 Å². The van der Waals surface area contributed by atoms with Crippen molar-refractivity contribution in [2.75, 3.05) is 10.6 Å². The molecule has 2 aromatic rings. The van der Waals surface area contributed by atoms with E-state index in [0.717, 1.165) is 12.1 Å². The Morgan fingerprint density at radius 1 is 1.10 bits per heavy atom. The van der Waals surface area contributed by atoms with Crippen LogP contribution in [-0.4, -0.2) is 10.9 Å². The third kappa shape index (κ3) is 3.98. The van der Waals surface area contributed by atoms with E-state index in [1.807, 2.05) is 0 Å². The summed E-state index contributed by atoms with van der Waals surface area (Å²) in [5.74, 6) is -1.59. The highest BCUT2D eigenvalue weighted by atomic mass is 19.2. The Hall–Kier alpha value is -2.50. The van der Waals surface area contributed by atoms with Crippen LogP contribution in [0.2, 0.25) is 0 Å². The fourth-order valence-electron chi connectivity index (χ4n) is 1.55. The lowest BCUT2D eigenvalue weighted by Gasteiger charge is -2.09. The van der Waals surface area contributed by atoms with E-state index in [4.69, 9.17) is 0 Å². The highest BCUT2D eigenvalue weighted by Gasteiger charge is 2.07. The molecule has 1 amide bonds. The zero-order valence-corrected chi connectivity index (χ0v) is 11.7. The lowest BCUT2D eigenvalue weighted by molar-refractivity contribution is -0.118. The predicted molar refractivity (Wildman–Crippen MR) is 77.3 cm³/mol. The van der Waals surface area contributed by atoms with Crippen LogP contribution < -0.4 is 10.6 Å². The Morgan fingerprint density at radius 3 is 2.38 bits per heavy atom. The van der Waals surface area contributed by atoms with Gasteiger partial charge in [-0.3, -0.25) is 4.79 Å². The second kappa shape index (κ2) is 6.30. The summed E-state index contributed by atoms with van der Waals surface area (Å²) in [5, 5.41) is 5.55. The molecule has 0 aliphatic rings. The number of hydrogen-bond acceptors (Lipinski definition) is 3. The van der Waals surface area contributed by atoms with E-state index in [2.05, 4.69) is 15.6 Å². The van der Waals surface area contributed by atoms with Crippen molar-refractivity contribution in [3.05, 3.63) is 48.2 Å². The second-order valence-electron chi connectivity index (χ2n) is 4.83. The number of nitrogens with zero attached hydrogens (tertiary/aromatic N) is 1. The van der Waals surface area contributed by atoms with Crippen LogP contribution >= 0.6 is 0 Å². The molecule has 0 unspecified atom stereocenters. The van der Waals surface area contributed by atoms with E-state index in [1.165, 1.54) is 12.3 Å². The van der Waals surface area contributed by atoms with Gasteiger partial charge in [0.2, 0.25) is 5.91 Å². The molecule has 0 aliphatic heterocycles. The first-order valence-corrected chi connectivity index (χ1v) is 6.44. The number of carbonyl (C=O) groups excluding carboxylic acids is 1. The van der Waals surface area contributed by atoms with Gasteiger partial charge >= 0.3 is 0 Å². The largest absolute Gasteiger partial charge is 0.340 e. The molecule has 1 aromatic carbocycles. The summed E-state index contributed by atoms with van der Waals surface area (Å²) in [7, 11) is 0. The number of anilines is 3. The molecule has 0 saturated heterocycles. The highest BCUT2D eigenvalue weighted by molar-refractivity contribution is 5.91. The minimum atomic E-state index is -0.930. The lowest BCUT2D eigenvalue weighted by Crippen LogP contribution is -2.17. The third-order valence-corrected chi connectivity index (χ3v) is 2.75. The van der Waals surface area contributed by atoms with Gasteiger partial charge in [0.15, 0.2) is 11.6 Å². The van der Waals surface area contributed by atoms with Crippen LogP contribution in [0.1, 0.15) is 13.8 Å². The van der Waals surface area contributed by atoms with Gasteiger partial charge in [0.25, 0.3) is 0 Å². The number of hydrogen-bond donors (Lipinski definition) is 2. The van der Waals surface area contributed by atoms with Crippen LogP contribution in [0.15, 0.2) is 36.5 Å². The van der Waals surface area contributed by atoms with Crippen LogP contribution in [0.4, 0.5) is 26.0 Å². The standard InChI is InChI=1S/C15H15F2N3O/c1-9(2)15(21)20-11-4-6-14(18-8-11)19-10-3-5-12(16)13(17)7-10/h3-9H,1-2H3,(H,18,19)(H,20,21). The Bertz CT molecular complexity index is 642. The van der Waals surface area contributed by atoms with Gasteiger partial charge in [0.1, 0.15) is 5.82 Å². The molecule has 0 radical (unpaired) electrons. The van der Waals surface area contributed by atoms with Gasteiger partial charge in [0, 0.05) is 17.7 Å². The van der Waals surface area contributed by atoms with Gasteiger partial charge < -0.3 is 10.6 Å². The molecule has 21 heavy (non-hydrogen) atoms. The van der Waals surface area contributed by atoms with Crippen LogP contribution in [0.25, 0.3) is 0 Å². The van der Waals surface area contributed by atoms with Crippen molar-refractivity contribution < 1.29 is 13.6 Å². The zero-order valence-electron chi connectivity index (χ0n) is 11.7. The molecule has 1 aromatic heterocycles. The van der Waals surface area contributed by atoms with Crippen molar-refractivity contribution in [2.24, 2.45) is 5.92 Å². The van der Waals surface area contributed by atoms with Crippen molar-refractivity contribution >= 4 is 23.1 Å². The molecule has 0 bridgehead atoms. The Morgan fingerprint density at radius 2 is 1.81 bits per heavy atom. The number of rotatable bonds is 4. The highest BCUT2D eigenvalue weighted by Crippen LogP contribution is 2.18. The number of halogens is 2. The van der Waals surface area contributed by atoms with Gasteiger partial charge in [0.05, 0.1) is 11.9 Å². The fraction of sp³-hybridized carbons (Fsp3) is 0.200. The molecular weight excluding hydrogens is 276 g/mol. The molecule has 2 rings (SSSR count). The summed E-state index contributed by atoms with van der Waals surface area (Å²) in [6.07, 6.45) is 1.49. The number of nitrogens with one attached hydrogen (secondary N) is 2. The summed E-state index contributed by atoms with van der Waals surface area (Å²) in [6.45, 7) is 3.59. The summed E-state index contributed by atoms with van der Waals surface area (Å²) in [5.41, 5.74) is 0.963. The maximum absolute atomic E-state index is 13.1. The molecule has 4 nitrogen and oxygen atoms in total. The minimum Gasteiger partial charge on any atom is -0.340 e. The zero-order chi connectivity index (χ0) is 15.4. The van der Waals surface area contributed by atoms with E-state index in [9.17, 15) is 13.6 Å². The molecule has 0 aliphatic carbocycles. The van der Waals surface area contributed by atoms with Crippen molar-refractivity contribution in [1.82, 2.24) is 4.98 Å². The average molecular weight is 291 g/mol. The SMILES string of the molecule is CC(C)C(=O)Nc1ccc(Nc2ccc(F)c(F)c2)nc1. The Kier molecular flexibility index (Phi) is 4.47. The van der Waals surface area contributed by atoms with Gasteiger partial charge in [-0.1, -0.05) is 13.8 Å². The first-order chi connectivity index (χ1) is 9.95. The van der Waals surface area contributed by atoms with E-state index in [0.29, 0.717) is 17.2 Å². The van der Waals surface area contributed by atoms with E-state index in [-0.39, 0.29) is 11.8 Å². The fourth-order valence-corrected chi connectivity index (χ4v) is 1.55. The maximum Gasteiger partial charge on any atom is 0.226 e. The van der Waals surface area contributed by atoms with Crippen molar-refractivity contribution in [3.63, 3.8) is 0 Å². The van der Waals surface area contributed by atoms with Crippen molar-refractivity contribution in [3.8, 4) is 0 Å². The van der Waals surface area contributed by atoms with Crippen LogP contribution in [0, 0.1) is 17.6 Å². The smallest absolute Gasteiger partial charge is 0.226 e. The average Bonchev–Trinajstić information content (AvgIpc) is 2.45. The lowest BCUT2D eigenvalue weighted by atomic mass is 10.2. The van der Waals surface area contributed by atoms with Gasteiger partial charge in [-0.25, -0.2) is 13.8 Å². The second-order valence-corrected chi connectivity index (χ2v) is 4.83. The Labute approximate surface area is 121 Å². The van der Waals surface area contributed by atoms with Crippen LogP contribution in [-0.2, 0) is 4.79 Å². The minimum absolute atomic E-state index is 0.0990. The number of benzene rings is 1. The summed E-state index contributed by atoms with van der Waals surface area (Å²) >= 11 is 0. The maximum atomic E-state index is 13.1. The molecule has 0 atom stereocenters. The number of carbonyl (C=O) groups is 1. The number of pyridine rings is 1. The van der Waals surface area contributed by atoms with E-state index >= 15 is 0 Å². The van der Waals surface area contributed by atoms with E-state index in [1.54, 1.807) is 26.0 Å². The molecule has 6 heteroatoms. The molecule has 0 fully saturated rings. The number of aromatic nitrogens is 1. The molecule has 2 N–H and O–H groups in total. The summed E-state index contributed by atoms with van der Waals surface area (Å²) in [4.78, 5) is 15.6. The summed E-state index contributed by atoms with van der Waals surface area (Å²) < 4.78 is 25.9. The van der Waals surface area contributed by atoms with Crippen LogP contribution in [0.3, 0.4) is 0 Å². The van der Waals surface area contributed by atoms with Crippen LogP contribution in [0.5, 0.6) is 0 Å². The monoisotopic (exact) mass is 291 g/mol. The van der Waals surface area contributed by atoms with Gasteiger partial charge in [-0.15, -0.1) is 0 Å². The molecule has 110 valence electrons. The molecule has 0 saturated carbocycles. The first-order valence-electron chi connectivity index (χ1n) is 6.44. The predicted octanol–water partition coefficient (Wildman–Crippen LogP) is 3.70. The van der Waals surface area contributed by atoms with Gasteiger partial charge in [-0.05, 0) is 24.3 Å². The first kappa shape index (κ1) is 14.9. The summed E-state index contributed by atoms with van der Waals surface area (Å²) in [6, 6.07) is 6.81. The third-order valence-electron chi connectivity index (χ3n) is 2.75. The number of amides is 1. The van der Waals surface area contributed by atoms with E-state index < -0.39 is 11.6 Å². The van der Waals surface area contributed by atoms with Crippen molar-refractivity contribution in [1.29, 1.82) is 0 Å². The molecule has 1 heterocycles. The quantitative estimate of drug-likeness (QED) is 0.903. The molecular formula is C15H15F2N3O. The van der Waals surface area contributed by atoms with Gasteiger partial charge in [-0.2, -0.15) is 0 Å². The normalized spacial score (nSPS) is 10.5. The Balaban J connectivity index is 2.05. The molecule has 0 spiro atoms.